The molecule has 15 nitrogen and oxygen atoms in total. The topological polar surface area (TPSA) is 218 Å². The number of imide groups is 1. The van der Waals surface area contributed by atoms with E-state index in [0.29, 0.717) is 54.8 Å². The summed E-state index contributed by atoms with van der Waals surface area (Å²) < 4.78 is 9.46. The first-order valence-corrected chi connectivity index (χ1v) is 15.4. The third-order valence-corrected chi connectivity index (χ3v) is 9.64. The van der Waals surface area contributed by atoms with Crippen molar-refractivity contribution >= 4 is 72.4 Å². The number of nitrogens with zero attached hydrogens (tertiary/aromatic N) is 6. The number of nitrogens with two attached hydrogens (primary N) is 1. The summed E-state index contributed by atoms with van der Waals surface area (Å²) in [6.07, 6.45) is -4.38. The number of imidazole rings is 1. The van der Waals surface area contributed by atoms with Crippen molar-refractivity contribution in [2.75, 3.05) is 18.9 Å². The molecule has 0 spiro atoms. The SMILES string of the molecule is Nc1ncnc2c1ncn2CCN1C(=O)c2c(c3c4ccccc4n(C4OC(CO)C(O)C(O)C4O)c3c3[nH]c4ccccc4c23)C1=O. The van der Waals surface area contributed by atoms with Crippen molar-refractivity contribution in [1.82, 2.24) is 34.0 Å². The number of nitrogen functional groups attached to an aromatic ring is 1. The lowest BCUT2D eigenvalue weighted by molar-refractivity contribution is -0.249. The van der Waals surface area contributed by atoms with Crippen LogP contribution in [-0.2, 0) is 11.3 Å². The minimum atomic E-state index is -1.64. The van der Waals surface area contributed by atoms with E-state index in [1.807, 2.05) is 30.3 Å². The Morgan fingerprint density at radius 2 is 1.58 bits per heavy atom. The fraction of sp³-hybridized carbons (Fsp3) is 0.242. The van der Waals surface area contributed by atoms with Crippen LogP contribution in [-0.4, -0.2) is 104 Å². The maximum Gasteiger partial charge on any atom is 0.262 e. The fourth-order valence-corrected chi connectivity index (χ4v) is 7.41. The summed E-state index contributed by atoms with van der Waals surface area (Å²) in [5, 5.41) is 44.9. The first-order valence-electron chi connectivity index (χ1n) is 15.4. The van der Waals surface area contributed by atoms with Crippen LogP contribution in [0.25, 0.3) is 54.8 Å². The predicted octanol–water partition coefficient (Wildman–Crippen LogP) is 1.42. The molecule has 4 aromatic heterocycles. The van der Waals surface area contributed by atoms with E-state index in [0.717, 1.165) is 0 Å². The van der Waals surface area contributed by atoms with Gasteiger partial charge in [0.2, 0.25) is 0 Å². The smallest absolute Gasteiger partial charge is 0.262 e. The van der Waals surface area contributed by atoms with Gasteiger partial charge in [-0.2, -0.15) is 0 Å². The molecule has 9 rings (SSSR count). The van der Waals surface area contributed by atoms with Crippen molar-refractivity contribution in [3.63, 3.8) is 0 Å². The molecule has 3 aromatic carbocycles. The zero-order valence-corrected chi connectivity index (χ0v) is 25.1. The molecule has 5 unspecified atom stereocenters. The normalized spacial score (nSPS) is 23.1. The maximum atomic E-state index is 14.5. The summed E-state index contributed by atoms with van der Waals surface area (Å²) in [6, 6.07) is 14.6. The molecule has 6 heterocycles. The average molecular weight is 649 g/mol. The van der Waals surface area contributed by atoms with Crippen LogP contribution in [0.3, 0.4) is 0 Å². The summed E-state index contributed by atoms with van der Waals surface area (Å²) in [6.45, 7) is -0.397. The number of aliphatic hydroxyl groups excluding tert-OH is 4. The number of aromatic amines is 1. The van der Waals surface area contributed by atoms with E-state index in [1.54, 1.807) is 27.3 Å². The summed E-state index contributed by atoms with van der Waals surface area (Å²) >= 11 is 0. The molecule has 0 aliphatic carbocycles. The second-order valence-electron chi connectivity index (χ2n) is 12.1. The Hall–Kier alpha value is -5.45. The van der Waals surface area contributed by atoms with Crippen LogP contribution in [0.4, 0.5) is 5.82 Å². The molecule has 0 saturated carbocycles. The van der Waals surface area contributed by atoms with E-state index in [2.05, 4.69) is 19.9 Å². The van der Waals surface area contributed by atoms with Gasteiger partial charge in [0, 0.05) is 40.2 Å². The van der Waals surface area contributed by atoms with Gasteiger partial charge in [0.05, 0.1) is 40.6 Å². The highest BCUT2D eigenvalue weighted by molar-refractivity contribution is 6.39. The second-order valence-corrected chi connectivity index (χ2v) is 12.1. The van der Waals surface area contributed by atoms with E-state index in [-0.39, 0.29) is 30.0 Å². The van der Waals surface area contributed by atoms with Crippen LogP contribution < -0.4 is 5.73 Å². The van der Waals surface area contributed by atoms with E-state index >= 15 is 0 Å². The molecule has 2 aliphatic rings. The van der Waals surface area contributed by atoms with E-state index in [9.17, 15) is 30.0 Å². The zero-order chi connectivity index (χ0) is 33.0. The monoisotopic (exact) mass is 648 g/mol. The van der Waals surface area contributed by atoms with E-state index in [1.165, 1.54) is 17.6 Å². The first kappa shape index (κ1) is 28.7. The number of aliphatic hydroxyl groups is 4. The Morgan fingerprint density at radius 3 is 2.38 bits per heavy atom. The van der Waals surface area contributed by atoms with Crippen molar-refractivity contribution in [2.45, 2.75) is 37.2 Å². The molecule has 48 heavy (non-hydrogen) atoms. The van der Waals surface area contributed by atoms with Gasteiger partial charge in [-0.1, -0.05) is 36.4 Å². The first-order chi connectivity index (χ1) is 23.3. The Morgan fingerprint density at radius 1 is 0.854 bits per heavy atom. The Balaban J connectivity index is 1.29. The number of aromatic nitrogens is 6. The minimum Gasteiger partial charge on any atom is -0.394 e. The third-order valence-electron chi connectivity index (χ3n) is 9.64. The number of anilines is 1. The number of carbonyl (C=O) groups is 2. The van der Waals surface area contributed by atoms with E-state index < -0.39 is 49.1 Å². The largest absolute Gasteiger partial charge is 0.394 e. The molecule has 15 heteroatoms. The number of fused-ring (bicyclic) bond motifs is 11. The molecule has 2 aliphatic heterocycles. The standard InChI is InChI=1S/C33H28N8O7/c34-29-24-30(36-12-35-29)39(13-37-24)9-10-40-31(46)21-19-14-5-1-3-7-16(14)38-23(19)25-20(22(21)32(40)47)15-6-2-4-8-17(15)41(25)33-28(45)27(44)26(43)18(11-42)48-33/h1-8,12-13,18,26-28,33,38,42-45H,9-11H2,(H2,34,35,36). The maximum absolute atomic E-state index is 14.5. The highest BCUT2D eigenvalue weighted by atomic mass is 16.6. The van der Waals surface area contributed by atoms with Crippen LogP contribution >= 0.6 is 0 Å². The van der Waals surface area contributed by atoms with Crippen molar-refractivity contribution in [1.29, 1.82) is 0 Å². The summed E-state index contributed by atoms with van der Waals surface area (Å²) in [4.78, 5) is 46.1. The van der Waals surface area contributed by atoms with Crippen molar-refractivity contribution < 1.29 is 34.8 Å². The Bertz CT molecular complexity index is 2480. The molecule has 2 amide bonds. The van der Waals surface area contributed by atoms with Crippen molar-refractivity contribution in [2.24, 2.45) is 0 Å². The van der Waals surface area contributed by atoms with Gasteiger partial charge in [-0.3, -0.25) is 14.5 Å². The van der Waals surface area contributed by atoms with Gasteiger partial charge >= 0.3 is 0 Å². The second kappa shape index (κ2) is 10.3. The predicted molar refractivity (Wildman–Crippen MR) is 173 cm³/mol. The number of ether oxygens (including phenoxy) is 1. The molecule has 1 fully saturated rings. The van der Waals surface area contributed by atoms with Gasteiger partial charge in [0.1, 0.15) is 36.3 Å². The summed E-state index contributed by atoms with van der Waals surface area (Å²) in [7, 11) is 0. The van der Waals surface area contributed by atoms with Gasteiger partial charge in [0.15, 0.2) is 17.7 Å². The van der Waals surface area contributed by atoms with Gasteiger partial charge in [-0.15, -0.1) is 0 Å². The lowest BCUT2D eigenvalue weighted by Crippen LogP contribution is -2.56. The number of benzene rings is 3. The highest BCUT2D eigenvalue weighted by Gasteiger charge is 2.47. The van der Waals surface area contributed by atoms with Gasteiger partial charge < -0.3 is 45.0 Å². The van der Waals surface area contributed by atoms with Crippen molar-refractivity contribution in [3.05, 3.63) is 72.3 Å². The Labute approximate surface area is 269 Å². The number of hydrogen-bond donors (Lipinski definition) is 6. The fourth-order valence-electron chi connectivity index (χ4n) is 7.41. The molecular formula is C33H28N8O7. The molecule has 0 radical (unpaired) electrons. The molecule has 0 bridgehead atoms. The molecule has 5 atom stereocenters. The van der Waals surface area contributed by atoms with Crippen molar-refractivity contribution in [3.8, 4) is 0 Å². The van der Waals surface area contributed by atoms with E-state index in [4.69, 9.17) is 10.5 Å². The number of nitrogens with one attached hydrogen (secondary N) is 1. The number of para-hydroxylation sites is 2. The van der Waals surface area contributed by atoms with Crippen LogP contribution in [0.2, 0.25) is 0 Å². The van der Waals surface area contributed by atoms with Crippen LogP contribution in [0.1, 0.15) is 26.9 Å². The molecule has 7 N–H and O–H groups in total. The third kappa shape index (κ3) is 3.72. The van der Waals surface area contributed by atoms with Gasteiger partial charge in [0.25, 0.3) is 11.8 Å². The number of hydrogen-bond acceptors (Lipinski definition) is 11. The van der Waals surface area contributed by atoms with Crippen LogP contribution in [0.15, 0.2) is 61.2 Å². The summed E-state index contributed by atoms with van der Waals surface area (Å²) in [5.74, 6) is -0.739. The van der Waals surface area contributed by atoms with Gasteiger partial charge in [-0.25, -0.2) is 15.0 Å². The molecule has 242 valence electrons. The Kier molecular flexibility index (Phi) is 6.15. The highest BCUT2D eigenvalue weighted by Crippen LogP contribution is 2.47. The van der Waals surface area contributed by atoms with Crippen LogP contribution in [0.5, 0.6) is 0 Å². The molecular weight excluding hydrogens is 620 g/mol. The average Bonchev–Trinajstić information content (AvgIpc) is 3.84. The quantitative estimate of drug-likeness (QED) is 0.147. The molecule has 7 aromatic rings. The molecule has 1 saturated heterocycles. The van der Waals surface area contributed by atoms with Gasteiger partial charge in [-0.05, 0) is 12.1 Å². The number of amides is 2. The zero-order valence-electron chi connectivity index (χ0n) is 25.1. The number of carbonyl (C=O) groups excluding carboxylic acids is 2. The number of H-pyrrole nitrogens is 1. The lowest BCUT2D eigenvalue weighted by atomic mass is 9.96. The minimum absolute atomic E-state index is 0.0123. The lowest BCUT2D eigenvalue weighted by Gasteiger charge is -2.41. The summed E-state index contributed by atoms with van der Waals surface area (Å²) in [5.41, 5.74) is 9.55. The van der Waals surface area contributed by atoms with Crippen LogP contribution in [0, 0.1) is 0 Å². The number of rotatable bonds is 5.